The number of rotatable bonds is 5. The van der Waals surface area contributed by atoms with E-state index in [1.54, 1.807) is 6.07 Å². The Morgan fingerprint density at radius 1 is 0.967 bits per heavy atom. The van der Waals surface area contributed by atoms with E-state index in [0.29, 0.717) is 16.5 Å². The lowest BCUT2D eigenvalue weighted by Gasteiger charge is -2.25. The summed E-state index contributed by atoms with van der Waals surface area (Å²) in [6, 6.07) is 22.5. The van der Waals surface area contributed by atoms with Crippen LogP contribution in [0.15, 0.2) is 72.8 Å². The molecule has 0 aromatic heterocycles. The van der Waals surface area contributed by atoms with Gasteiger partial charge >= 0.3 is 6.09 Å². The van der Waals surface area contributed by atoms with E-state index in [0.717, 1.165) is 16.7 Å². The largest absolute Gasteiger partial charge is 0.457 e. The van der Waals surface area contributed by atoms with Gasteiger partial charge in [-0.3, -0.25) is 0 Å². The predicted octanol–water partition coefficient (Wildman–Crippen LogP) is 5.23. The van der Waals surface area contributed by atoms with Crippen LogP contribution in [0.5, 0.6) is 11.5 Å². The second-order valence-electron chi connectivity index (χ2n) is 7.16. The number of aliphatic hydroxyl groups excluding tert-OH is 1. The predicted molar refractivity (Wildman–Crippen MR) is 115 cm³/mol. The molecule has 30 heavy (non-hydrogen) atoms. The summed E-state index contributed by atoms with van der Waals surface area (Å²) in [5.41, 5.74) is 2.63. The highest BCUT2D eigenvalue weighted by Crippen LogP contribution is 2.46. The third kappa shape index (κ3) is 4.42. The van der Waals surface area contributed by atoms with Crippen LogP contribution >= 0.6 is 11.6 Å². The number of halogens is 1. The second-order valence-corrected chi connectivity index (χ2v) is 7.60. The molecule has 0 spiro atoms. The van der Waals surface area contributed by atoms with Gasteiger partial charge in [0, 0.05) is 34.5 Å². The summed E-state index contributed by atoms with van der Waals surface area (Å²) in [5.74, 6) is 0.841. The number of hydrogen-bond donors (Lipinski definition) is 2. The van der Waals surface area contributed by atoms with Gasteiger partial charge in [-0.1, -0.05) is 60.1 Å². The Morgan fingerprint density at radius 2 is 1.70 bits per heavy atom. The van der Waals surface area contributed by atoms with E-state index in [4.69, 9.17) is 21.1 Å². The molecule has 0 saturated carbocycles. The van der Waals surface area contributed by atoms with E-state index in [1.165, 1.54) is 0 Å². The number of carbonyl (C=O) groups is 1. The van der Waals surface area contributed by atoms with Gasteiger partial charge in [0.25, 0.3) is 0 Å². The Bertz CT molecular complexity index is 1020. The van der Waals surface area contributed by atoms with E-state index in [1.807, 2.05) is 66.7 Å². The minimum atomic E-state index is -0.516. The molecule has 0 radical (unpaired) electrons. The van der Waals surface area contributed by atoms with Crippen LogP contribution in [0.3, 0.4) is 0 Å². The fourth-order valence-electron chi connectivity index (χ4n) is 3.78. The van der Waals surface area contributed by atoms with Crippen LogP contribution in [0.25, 0.3) is 0 Å². The maximum Gasteiger partial charge on any atom is 0.407 e. The molecule has 6 heteroatoms. The van der Waals surface area contributed by atoms with Gasteiger partial charge < -0.3 is 19.9 Å². The summed E-state index contributed by atoms with van der Waals surface area (Å²) in [6.07, 6.45) is -0.516. The minimum absolute atomic E-state index is 0.0995. The number of benzene rings is 3. The molecular weight excluding hydrogens is 402 g/mol. The number of amides is 1. The van der Waals surface area contributed by atoms with Crippen molar-refractivity contribution >= 4 is 17.7 Å². The fraction of sp³-hybridized carbons (Fsp3) is 0.208. The number of para-hydroxylation sites is 1. The first-order valence-electron chi connectivity index (χ1n) is 9.77. The molecule has 1 heterocycles. The van der Waals surface area contributed by atoms with Gasteiger partial charge in [0.2, 0.25) is 0 Å². The molecule has 1 aliphatic rings. The first-order chi connectivity index (χ1) is 14.7. The van der Waals surface area contributed by atoms with Gasteiger partial charge in [0.15, 0.2) is 0 Å². The van der Waals surface area contributed by atoms with E-state index < -0.39 is 6.09 Å². The first-order valence-corrected chi connectivity index (χ1v) is 10.1. The van der Waals surface area contributed by atoms with Crippen molar-refractivity contribution in [3.63, 3.8) is 0 Å². The van der Waals surface area contributed by atoms with Gasteiger partial charge in [0.05, 0.1) is 6.61 Å². The van der Waals surface area contributed by atoms with Gasteiger partial charge in [-0.25, -0.2) is 4.79 Å². The summed E-state index contributed by atoms with van der Waals surface area (Å²) in [6.45, 7) is 0.358. The topological polar surface area (TPSA) is 67.8 Å². The average molecular weight is 424 g/mol. The first kappa shape index (κ1) is 20.3. The summed E-state index contributed by atoms with van der Waals surface area (Å²) >= 11 is 6.25. The van der Waals surface area contributed by atoms with Crippen molar-refractivity contribution in [1.82, 2.24) is 5.32 Å². The average Bonchev–Trinajstić information content (AvgIpc) is 2.90. The maximum atomic E-state index is 12.3. The van der Waals surface area contributed by atoms with E-state index >= 15 is 0 Å². The highest BCUT2D eigenvalue weighted by molar-refractivity contribution is 6.30. The monoisotopic (exact) mass is 423 g/mol. The van der Waals surface area contributed by atoms with Gasteiger partial charge in [0.1, 0.15) is 18.1 Å². The lowest BCUT2D eigenvalue weighted by Crippen LogP contribution is -2.32. The van der Waals surface area contributed by atoms with Crippen molar-refractivity contribution in [2.24, 2.45) is 0 Å². The quantitative estimate of drug-likeness (QED) is 0.589. The SMILES string of the molecule is O=C(NC[C@H]1c2cc(Cl)ccc2Oc2ccccc2[C@@H]1CO)OCc1ccccc1. The third-order valence-electron chi connectivity index (χ3n) is 5.27. The molecule has 1 amide bonds. The second kappa shape index (κ2) is 9.20. The highest BCUT2D eigenvalue weighted by atomic mass is 35.5. The van der Waals surface area contributed by atoms with Gasteiger partial charge in [-0.05, 0) is 29.8 Å². The molecule has 0 fully saturated rings. The van der Waals surface area contributed by atoms with Crippen LogP contribution in [-0.4, -0.2) is 24.4 Å². The van der Waals surface area contributed by atoms with Gasteiger partial charge in [-0.15, -0.1) is 0 Å². The zero-order valence-corrected chi connectivity index (χ0v) is 17.0. The fourth-order valence-corrected chi connectivity index (χ4v) is 3.96. The van der Waals surface area contributed by atoms with Crippen LogP contribution in [0.2, 0.25) is 5.02 Å². The zero-order chi connectivity index (χ0) is 20.9. The molecule has 2 atom stereocenters. The number of aliphatic hydroxyl groups is 1. The Kier molecular flexibility index (Phi) is 6.21. The van der Waals surface area contributed by atoms with Crippen molar-refractivity contribution < 1.29 is 19.4 Å². The molecule has 1 aliphatic heterocycles. The smallest absolute Gasteiger partial charge is 0.407 e. The lowest BCUT2D eigenvalue weighted by molar-refractivity contribution is 0.138. The molecule has 5 nitrogen and oxygen atoms in total. The third-order valence-corrected chi connectivity index (χ3v) is 5.51. The summed E-state index contributed by atoms with van der Waals surface area (Å²) in [4.78, 5) is 12.3. The number of hydrogen-bond acceptors (Lipinski definition) is 4. The molecule has 4 rings (SSSR count). The van der Waals surface area contributed by atoms with Crippen molar-refractivity contribution in [2.45, 2.75) is 18.4 Å². The molecule has 2 N–H and O–H groups in total. The summed E-state index contributed by atoms with van der Waals surface area (Å²) in [5, 5.41) is 13.6. The summed E-state index contributed by atoms with van der Waals surface area (Å²) in [7, 11) is 0. The molecule has 3 aromatic rings. The van der Waals surface area contributed by atoms with Gasteiger partial charge in [-0.2, -0.15) is 0 Å². The molecular formula is C24H22ClNO4. The van der Waals surface area contributed by atoms with E-state index in [-0.39, 0.29) is 31.6 Å². The van der Waals surface area contributed by atoms with Crippen LogP contribution in [0, 0.1) is 0 Å². The molecule has 0 bridgehead atoms. The maximum absolute atomic E-state index is 12.3. The number of ether oxygens (including phenoxy) is 2. The van der Waals surface area contributed by atoms with E-state index in [9.17, 15) is 9.90 Å². The molecule has 0 unspecified atom stereocenters. The number of nitrogens with one attached hydrogen (secondary N) is 1. The lowest BCUT2D eigenvalue weighted by atomic mass is 9.82. The normalized spacial score (nSPS) is 17.1. The molecule has 0 saturated heterocycles. The Morgan fingerprint density at radius 3 is 2.50 bits per heavy atom. The summed E-state index contributed by atoms with van der Waals surface area (Å²) < 4.78 is 11.4. The molecule has 0 aliphatic carbocycles. The van der Waals surface area contributed by atoms with Crippen LogP contribution in [0.1, 0.15) is 28.5 Å². The molecule has 3 aromatic carbocycles. The standard InChI is InChI=1S/C24H22ClNO4/c25-17-10-11-23-19(12-17)20(21(14-27)18-8-4-5-9-22(18)30-23)13-26-24(28)29-15-16-6-2-1-3-7-16/h1-12,20-21,27H,13-15H2,(H,26,28)/t20-,21-/m0/s1. The Balaban J connectivity index is 1.55. The number of alkyl carbamates (subject to hydrolysis) is 1. The van der Waals surface area contributed by atoms with Crippen molar-refractivity contribution in [1.29, 1.82) is 0 Å². The van der Waals surface area contributed by atoms with Crippen LogP contribution in [-0.2, 0) is 11.3 Å². The number of fused-ring (bicyclic) bond motifs is 2. The van der Waals surface area contributed by atoms with Crippen molar-refractivity contribution in [2.75, 3.05) is 13.2 Å². The molecule has 154 valence electrons. The zero-order valence-electron chi connectivity index (χ0n) is 16.3. The number of carbonyl (C=O) groups excluding carboxylic acids is 1. The van der Waals surface area contributed by atoms with Crippen LogP contribution in [0.4, 0.5) is 4.79 Å². The van der Waals surface area contributed by atoms with Crippen molar-refractivity contribution in [3.05, 3.63) is 94.5 Å². The van der Waals surface area contributed by atoms with Crippen LogP contribution < -0.4 is 10.1 Å². The Hall–Kier alpha value is -3.02. The Labute approximate surface area is 180 Å². The highest BCUT2D eigenvalue weighted by Gasteiger charge is 2.32. The van der Waals surface area contributed by atoms with E-state index in [2.05, 4.69) is 5.32 Å². The minimum Gasteiger partial charge on any atom is -0.457 e. The van der Waals surface area contributed by atoms with Crippen molar-refractivity contribution in [3.8, 4) is 11.5 Å².